The third-order valence-electron chi connectivity index (χ3n) is 0. The summed E-state index contributed by atoms with van der Waals surface area (Å²) in [6.45, 7) is 0. The Morgan fingerprint density at radius 2 is 1.00 bits per heavy atom. The molecular weight excluding hydrogens is 75.0 g/mol. The summed E-state index contributed by atoms with van der Waals surface area (Å²) < 4.78 is 7.94. The van der Waals surface area contributed by atoms with Crippen molar-refractivity contribution >= 4 is 9.12 Å². The Morgan fingerprint density at radius 1 is 1.00 bits per heavy atom. The molecule has 0 fully saturated rings. The lowest BCUT2D eigenvalue weighted by atomic mass is 14.0. The standard InChI is InChI=1S/2H3N.OP/c;;1-2/h2*1H3;. The van der Waals surface area contributed by atoms with Crippen LogP contribution in [0.3, 0.4) is 0 Å². The SMILES string of the molecule is N.N.O=[P]. The van der Waals surface area contributed by atoms with Crippen molar-refractivity contribution in [3.05, 3.63) is 0 Å². The molecule has 1 radical (unpaired) electrons. The Bertz CT molecular complexity index is 6.00. The van der Waals surface area contributed by atoms with Gasteiger partial charge in [0.15, 0.2) is 0 Å². The first-order valence-corrected chi connectivity index (χ1v) is 0.548. The zero-order valence-electron chi connectivity index (χ0n) is 2.27. The minimum atomic E-state index is 0. The molecule has 0 aliphatic carbocycles. The van der Waals surface area contributed by atoms with Crippen LogP contribution in [0.1, 0.15) is 0 Å². The largest absolute Gasteiger partial charge is 0.344 e. The monoisotopic (exact) mass is 81.0 g/mol. The van der Waals surface area contributed by atoms with Gasteiger partial charge < -0.3 is 12.3 Å². The normalized spacial score (nSPS) is 1.00. The highest BCUT2D eigenvalue weighted by Gasteiger charge is 0.754. The van der Waals surface area contributed by atoms with Crippen molar-refractivity contribution in [3.8, 4) is 0 Å². The third kappa shape index (κ3) is 5250. The van der Waals surface area contributed by atoms with E-state index in [4.69, 9.17) is 4.57 Å². The Morgan fingerprint density at radius 3 is 1.00 bits per heavy atom. The molecule has 0 saturated carbocycles. The molecule has 6 N–H and O–H groups in total. The third-order valence-corrected chi connectivity index (χ3v) is 0. The van der Waals surface area contributed by atoms with Crippen LogP contribution in [0, 0.1) is 0 Å². The molecule has 0 saturated heterocycles. The van der Waals surface area contributed by atoms with Gasteiger partial charge in [0.2, 0.25) is 0 Å². The lowest BCUT2D eigenvalue weighted by Gasteiger charge is -0.754. The lowest BCUT2D eigenvalue weighted by Crippen LogP contribution is -0.489. The van der Waals surface area contributed by atoms with Crippen molar-refractivity contribution in [1.29, 1.82) is 0 Å². The van der Waals surface area contributed by atoms with Crippen LogP contribution in [0.5, 0.6) is 0 Å². The molecule has 0 rings (SSSR count). The minimum Gasteiger partial charge on any atom is -0.344 e. The second kappa shape index (κ2) is 30800. The van der Waals surface area contributed by atoms with Crippen molar-refractivity contribution in [2.75, 3.05) is 0 Å². The van der Waals surface area contributed by atoms with E-state index in [0.717, 1.165) is 0 Å². The summed E-state index contributed by atoms with van der Waals surface area (Å²) in [6.07, 6.45) is 0. The van der Waals surface area contributed by atoms with Gasteiger partial charge in [-0.2, -0.15) is 0 Å². The van der Waals surface area contributed by atoms with Gasteiger partial charge in [-0.3, -0.25) is 4.57 Å². The van der Waals surface area contributed by atoms with Crippen molar-refractivity contribution in [2.45, 2.75) is 0 Å². The molecule has 3 nitrogen and oxygen atoms in total. The van der Waals surface area contributed by atoms with E-state index in [2.05, 4.69) is 9.12 Å². The van der Waals surface area contributed by atoms with Crippen LogP contribution in [0.4, 0.5) is 0 Å². The summed E-state index contributed by atoms with van der Waals surface area (Å²) >= 11 is 0. The molecule has 0 bridgehead atoms. The molecule has 27 valence electrons. The van der Waals surface area contributed by atoms with Crippen molar-refractivity contribution in [2.24, 2.45) is 0 Å². The summed E-state index contributed by atoms with van der Waals surface area (Å²) in [7, 11) is 2.28. The molecule has 4 heavy (non-hydrogen) atoms. The van der Waals surface area contributed by atoms with Gasteiger partial charge in [-0.05, 0) is 0 Å². The van der Waals surface area contributed by atoms with Crippen molar-refractivity contribution in [1.82, 2.24) is 12.3 Å². The van der Waals surface area contributed by atoms with Crippen LogP contribution in [0.15, 0.2) is 0 Å². The molecular formula is H6N2OP. The Kier molecular flexibility index (Phi) is 271000. The molecule has 0 aromatic carbocycles. The maximum Gasteiger partial charge on any atom is 0.261 e. The topological polar surface area (TPSA) is 87.1 Å². The van der Waals surface area contributed by atoms with Crippen molar-refractivity contribution < 1.29 is 4.57 Å². The average molecular weight is 81.0 g/mol. The average Bonchev–Trinajstić information content (AvgIpc) is 1.00. The molecule has 0 atom stereocenters. The molecule has 0 heterocycles. The lowest BCUT2D eigenvalue weighted by molar-refractivity contribution is 0.607. The molecule has 0 unspecified atom stereocenters. The van der Waals surface area contributed by atoms with Crippen LogP contribution in [-0.2, 0) is 4.57 Å². The number of rotatable bonds is 0. The van der Waals surface area contributed by atoms with Crippen LogP contribution in [0.2, 0.25) is 0 Å². The van der Waals surface area contributed by atoms with Gasteiger partial charge in [-0.1, -0.05) is 0 Å². The summed E-state index contributed by atoms with van der Waals surface area (Å²) in [5, 5.41) is 0. The fourth-order valence-electron chi connectivity index (χ4n) is 0. The van der Waals surface area contributed by atoms with Gasteiger partial charge in [-0.25, -0.2) is 0 Å². The Labute approximate surface area is 27.2 Å². The molecule has 0 aliphatic heterocycles. The Hall–Kier alpha value is 0.0200. The van der Waals surface area contributed by atoms with Gasteiger partial charge in [-0.15, -0.1) is 0 Å². The van der Waals surface area contributed by atoms with Gasteiger partial charge in [0.05, 0.1) is 0 Å². The van der Waals surface area contributed by atoms with Crippen LogP contribution < -0.4 is 12.3 Å². The predicted octanol–water partition coefficient (Wildman–Crippen LogP) is 1.07. The fourth-order valence-corrected chi connectivity index (χ4v) is 0. The Balaban J connectivity index is -0.00000000500. The highest BCUT2D eigenvalue weighted by atomic mass is 31.0. The van der Waals surface area contributed by atoms with E-state index in [9.17, 15) is 0 Å². The van der Waals surface area contributed by atoms with Gasteiger partial charge >= 0.3 is 0 Å². The van der Waals surface area contributed by atoms with Crippen LogP contribution in [0.25, 0.3) is 0 Å². The maximum absolute atomic E-state index is 7.94. The predicted molar refractivity (Wildman–Crippen MR) is 17.7 cm³/mol. The van der Waals surface area contributed by atoms with E-state index in [1.54, 1.807) is 0 Å². The second-order valence-electron chi connectivity index (χ2n) is 0. The zero-order chi connectivity index (χ0) is 2.00. The highest BCUT2D eigenvalue weighted by Crippen LogP contribution is 1.23. The highest BCUT2D eigenvalue weighted by molar-refractivity contribution is 7.00. The fraction of sp³-hybridized carbons (Fsp3) is 0. The summed E-state index contributed by atoms with van der Waals surface area (Å²) in [5.41, 5.74) is 0. The minimum absolute atomic E-state index is 0. The molecule has 0 amide bonds. The second-order valence-corrected chi connectivity index (χ2v) is 0. The van der Waals surface area contributed by atoms with Gasteiger partial charge in [0, 0.05) is 0 Å². The van der Waals surface area contributed by atoms with E-state index in [1.807, 2.05) is 0 Å². The van der Waals surface area contributed by atoms with E-state index >= 15 is 0 Å². The van der Waals surface area contributed by atoms with Gasteiger partial charge in [0.1, 0.15) is 0 Å². The molecule has 0 aliphatic rings. The number of hydrogen-bond acceptors (Lipinski definition) is 3. The van der Waals surface area contributed by atoms with E-state index < -0.39 is 0 Å². The van der Waals surface area contributed by atoms with E-state index in [0.29, 0.717) is 0 Å². The smallest absolute Gasteiger partial charge is 0.261 e. The molecule has 0 aromatic heterocycles. The van der Waals surface area contributed by atoms with E-state index in [-0.39, 0.29) is 12.3 Å². The molecule has 0 aromatic rings. The summed E-state index contributed by atoms with van der Waals surface area (Å²) in [4.78, 5) is 0. The van der Waals surface area contributed by atoms with Crippen LogP contribution >= 0.6 is 9.12 Å². The zero-order valence-corrected chi connectivity index (χ0v) is 3.16. The van der Waals surface area contributed by atoms with E-state index in [1.165, 1.54) is 0 Å². The number of hydrogen-bond donors (Lipinski definition) is 2. The molecule has 0 spiro atoms. The van der Waals surface area contributed by atoms with Crippen LogP contribution in [-0.4, -0.2) is 0 Å². The first-order chi connectivity index (χ1) is 1.00. The van der Waals surface area contributed by atoms with Gasteiger partial charge in [0.25, 0.3) is 9.12 Å². The summed E-state index contributed by atoms with van der Waals surface area (Å²) in [5.74, 6) is 0. The van der Waals surface area contributed by atoms with Crippen molar-refractivity contribution in [3.63, 3.8) is 0 Å². The molecule has 4 heteroatoms. The maximum atomic E-state index is 7.94. The first kappa shape index (κ1) is 35.2. The quantitative estimate of drug-likeness (QED) is 0.427. The first-order valence-electron chi connectivity index (χ1n) is 0.183. The summed E-state index contributed by atoms with van der Waals surface area (Å²) in [6, 6.07) is 0.